The molecule has 7 heteroatoms. The molecule has 0 radical (unpaired) electrons. The van der Waals surface area contributed by atoms with Crippen molar-refractivity contribution < 1.29 is 4.79 Å². The third-order valence-electron chi connectivity index (χ3n) is 6.20. The van der Waals surface area contributed by atoms with Gasteiger partial charge in [0.05, 0.1) is 18.3 Å². The van der Waals surface area contributed by atoms with E-state index in [4.69, 9.17) is 4.98 Å². The molecule has 0 aromatic carbocycles. The number of amides is 1. The largest absolute Gasteiger partial charge is 0.369 e. The molecule has 156 valence electrons. The zero-order chi connectivity index (χ0) is 20.4. The van der Waals surface area contributed by atoms with Crippen molar-refractivity contribution in [1.82, 2.24) is 24.3 Å². The summed E-state index contributed by atoms with van der Waals surface area (Å²) in [5.41, 5.74) is 3.30. The van der Waals surface area contributed by atoms with Crippen LogP contribution >= 0.6 is 0 Å². The Morgan fingerprint density at radius 1 is 1.17 bits per heavy atom. The van der Waals surface area contributed by atoms with Crippen LogP contribution in [0.2, 0.25) is 0 Å². The van der Waals surface area contributed by atoms with Crippen LogP contribution in [0, 0.1) is 6.92 Å². The SMILES string of the molecule is CCn1ccnc1CN1CCN(c2cc(C)nc(C3CCCN3C(C)=O)c2)CC1. The fourth-order valence-electron chi connectivity index (χ4n) is 4.62. The molecule has 2 saturated heterocycles. The number of hydrogen-bond donors (Lipinski definition) is 0. The summed E-state index contributed by atoms with van der Waals surface area (Å²) >= 11 is 0. The molecule has 4 rings (SSSR count). The number of rotatable bonds is 5. The van der Waals surface area contributed by atoms with E-state index in [-0.39, 0.29) is 11.9 Å². The Bertz CT molecular complexity index is 855. The Kier molecular flexibility index (Phi) is 5.85. The van der Waals surface area contributed by atoms with Crippen LogP contribution in [0.3, 0.4) is 0 Å². The molecule has 0 saturated carbocycles. The standard InChI is InChI=1S/C22H32N6O/c1-4-26-9-7-23-22(26)16-25-10-12-27(13-11-25)19-14-17(2)24-20(15-19)21-6-5-8-28(21)18(3)29/h7,9,14-15,21H,4-6,8,10-13,16H2,1-3H3. The molecule has 29 heavy (non-hydrogen) atoms. The van der Waals surface area contributed by atoms with E-state index in [9.17, 15) is 4.79 Å². The van der Waals surface area contributed by atoms with Gasteiger partial charge in [-0.2, -0.15) is 0 Å². The van der Waals surface area contributed by atoms with Gasteiger partial charge in [0.1, 0.15) is 5.82 Å². The normalized spacial score (nSPS) is 20.4. The van der Waals surface area contributed by atoms with E-state index in [0.29, 0.717) is 0 Å². The first-order valence-corrected chi connectivity index (χ1v) is 10.8. The number of piperazine rings is 1. The minimum atomic E-state index is 0.125. The molecule has 2 aliphatic rings. The van der Waals surface area contributed by atoms with Gasteiger partial charge in [0.25, 0.3) is 0 Å². The van der Waals surface area contributed by atoms with E-state index in [2.05, 4.69) is 51.5 Å². The third kappa shape index (κ3) is 4.29. The van der Waals surface area contributed by atoms with Crippen molar-refractivity contribution in [3.63, 3.8) is 0 Å². The molecule has 2 aromatic rings. The molecule has 0 bridgehead atoms. The molecule has 2 fully saturated rings. The minimum absolute atomic E-state index is 0.125. The molecule has 0 aliphatic carbocycles. The first-order valence-electron chi connectivity index (χ1n) is 10.8. The number of aromatic nitrogens is 3. The summed E-state index contributed by atoms with van der Waals surface area (Å²) in [7, 11) is 0. The first-order chi connectivity index (χ1) is 14.0. The summed E-state index contributed by atoms with van der Waals surface area (Å²) in [6.07, 6.45) is 6.01. The highest BCUT2D eigenvalue weighted by molar-refractivity contribution is 5.74. The van der Waals surface area contributed by atoms with Crippen molar-refractivity contribution in [3.05, 3.63) is 41.7 Å². The smallest absolute Gasteiger partial charge is 0.220 e. The number of carbonyl (C=O) groups is 1. The van der Waals surface area contributed by atoms with Crippen molar-refractivity contribution in [2.75, 3.05) is 37.6 Å². The Labute approximate surface area is 173 Å². The molecule has 7 nitrogen and oxygen atoms in total. The lowest BCUT2D eigenvalue weighted by atomic mass is 10.1. The monoisotopic (exact) mass is 396 g/mol. The summed E-state index contributed by atoms with van der Waals surface area (Å²) in [5, 5.41) is 0. The number of aryl methyl sites for hydroxylation is 2. The zero-order valence-electron chi connectivity index (χ0n) is 17.8. The quantitative estimate of drug-likeness (QED) is 0.778. The van der Waals surface area contributed by atoms with Gasteiger partial charge in [-0.25, -0.2) is 4.98 Å². The van der Waals surface area contributed by atoms with Gasteiger partial charge < -0.3 is 14.4 Å². The lowest BCUT2D eigenvalue weighted by Crippen LogP contribution is -2.46. The lowest BCUT2D eigenvalue weighted by Gasteiger charge is -2.36. The molecule has 4 heterocycles. The minimum Gasteiger partial charge on any atom is -0.369 e. The van der Waals surface area contributed by atoms with Crippen LogP contribution in [0.25, 0.3) is 0 Å². The number of nitrogens with zero attached hydrogens (tertiary/aromatic N) is 6. The zero-order valence-corrected chi connectivity index (χ0v) is 17.8. The van der Waals surface area contributed by atoms with Gasteiger partial charge in [0, 0.05) is 70.0 Å². The average Bonchev–Trinajstić information content (AvgIpc) is 3.37. The molecule has 1 unspecified atom stereocenters. The van der Waals surface area contributed by atoms with E-state index in [1.165, 1.54) is 5.69 Å². The molecule has 0 spiro atoms. The van der Waals surface area contributed by atoms with Gasteiger partial charge >= 0.3 is 0 Å². The van der Waals surface area contributed by atoms with Crippen LogP contribution in [0.1, 0.15) is 49.9 Å². The highest BCUT2D eigenvalue weighted by Gasteiger charge is 2.30. The fraction of sp³-hybridized carbons (Fsp3) is 0.591. The summed E-state index contributed by atoms with van der Waals surface area (Å²) in [5.74, 6) is 1.30. The molecule has 1 atom stereocenters. The summed E-state index contributed by atoms with van der Waals surface area (Å²) < 4.78 is 2.22. The average molecular weight is 397 g/mol. The van der Waals surface area contributed by atoms with Crippen LogP contribution < -0.4 is 4.90 Å². The molecule has 2 aliphatic heterocycles. The van der Waals surface area contributed by atoms with Crippen molar-refractivity contribution in [2.45, 2.75) is 52.7 Å². The number of likely N-dealkylation sites (tertiary alicyclic amines) is 1. The Balaban J connectivity index is 1.43. The highest BCUT2D eigenvalue weighted by atomic mass is 16.2. The number of carbonyl (C=O) groups excluding carboxylic acids is 1. The Hall–Kier alpha value is -2.41. The fourth-order valence-corrected chi connectivity index (χ4v) is 4.62. The van der Waals surface area contributed by atoms with E-state index in [1.807, 2.05) is 11.1 Å². The number of hydrogen-bond acceptors (Lipinski definition) is 5. The molecular weight excluding hydrogens is 364 g/mol. The number of imidazole rings is 1. The summed E-state index contributed by atoms with van der Waals surface area (Å²) in [4.78, 5) is 28.2. The first kappa shape index (κ1) is 19.9. The second kappa shape index (κ2) is 8.53. The van der Waals surface area contributed by atoms with Crippen molar-refractivity contribution in [2.24, 2.45) is 0 Å². The van der Waals surface area contributed by atoms with Gasteiger partial charge in [-0.15, -0.1) is 0 Å². The topological polar surface area (TPSA) is 57.5 Å². The number of anilines is 1. The van der Waals surface area contributed by atoms with Gasteiger partial charge in [0.2, 0.25) is 5.91 Å². The molecule has 1 amide bonds. The number of pyridine rings is 1. The molecule has 2 aromatic heterocycles. The maximum Gasteiger partial charge on any atom is 0.220 e. The Morgan fingerprint density at radius 2 is 1.97 bits per heavy atom. The second-order valence-corrected chi connectivity index (χ2v) is 8.15. The predicted octanol–water partition coefficient (Wildman–Crippen LogP) is 2.61. The van der Waals surface area contributed by atoms with Crippen LogP contribution in [0.5, 0.6) is 0 Å². The van der Waals surface area contributed by atoms with Gasteiger partial charge in [-0.1, -0.05) is 0 Å². The summed E-state index contributed by atoms with van der Waals surface area (Å²) in [6.45, 7) is 12.6. The maximum atomic E-state index is 12.0. The predicted molar refractivity (Wildman–Crippen MR) is 114 cm³/mol. The van der Waals surface area contributed by atoms with Crippen LogP contribution in [-0.2, 0) is 17.9 Å². The Morgan fingerprint density at radius 3 is 2.69 bits per heavy atom. The van der Waals surface area contributed by atoms with Gasteiger partial charge in [-0.3, -0.25) is 14.7 Å². The van der Waals surface area contributed by atoms with Crippen LogP contribution in [0.15, 0.2) is 24.5 Å². The molecular formula is C22H32N6O. The van der Waals surface area contributed by atoms with E-state index >= 15 is 0 Å². The van der Waals surface area contributed by atoms with Crippen molar-refractivity contribution in [1.29, 1.82) is 0 Å². The lowest BCUT2D eigenvalue weighted by molar-refractivity contribution is -0.129. The maximum absolute atomic E-state index is 12.0. The van der Waals surface area contributed by atoms with Gasteiger partial charge in [-0.05, 0) is 38.8 Å². The van der Waals surface area contributed by atoms with E-state index in [1.54, 1.807) is 6.92 Å². The van der Waals surface area contributed by atoms with E-state index in [0.717, 1.165) is 75.9 Å². The molecule has 0 N–H and O–H groups in total. The van der Waals surface area contributed by atoms with E-state index < -0.39 is 0 Å². The van der Waals surface area contributed by atoms with Crippen LogP contribution in [-0.4, -0.2) is 63.0 Å². The van der Waals surface area contributed by atoms with Gasteiger partial charge in [0.15, 0.2) is 0 Å². The van der Waals surface area contributed by atoms with Crippen LogP contribution in [0.4, 0.5) is 5.69 Å². The van der Waals surface area contributed by atoms with Crippen molar-refractivity contribution >= 4 is 11.6 Å². The second-order valence-electron chi connectivity index (χ2n) is 8.15. The highest BCUT2D eigenvalue weighted by Crippen LogP contribution is 2.33. The van der Waals surface area contributed by atoms with Crippen molar-refractivity contribution in [3.8, 4) is 0 Å². The third-order valence-corrected chi connectivity index (χ3v) is 6.20. The summed E-state index contributed by atoms with van der Waals surface area (Å²) in [6, 6.07) is 4.51.